The maximum absolute atomic E-state index is 12.9. The van der Waals surface area contributed by atoms with Gasteiger partial charge in [0.1, 0.15) is 5.82 Å². The number of nitrogens with zero attached hydrogens (tertiary/aromatic N) is 2. The molecule has 0 aliphatic heterocycles. The monoisotopic (exact) mass is 222 g/mol. The molecule has 1 aromatic heterocycles. The van der Waals surface area contributed by atoms with Crippen LogP contribution in [-0.4, -0.2) is 9.97 Å². The molecule has 2 aromatic rings. The summed E-state index contributed by atoms with van der Waals surface area (Å²) in [5.74, 6) is -0.253. The van der Waals surface area contributed by atoms with Gasteiger partial charge in [-0.3, -0.25) is 0 Å². The predicted molar refractivity (Wildman–Crippen MR) is 57.2 cm³/mol. The molecule has 0 aliphatic carbocycles. The molecular weight excluding hydrogens is 215 g/mol. The lowest BCUT2D eigenvalue weighted by atomic mass is 10.1. The minimum Gasteiger partial charge on any atom is -0.226 e. The normalized spacial score (nSPS) is 10.3. The highest BCUT2D eigenvalue weighted by molar-refractivity contribution is 6.28. The van der Waals surface area contributed by atoms with Gasteiger partial charge < -0.3 is 0 Å². The molecule has 0 saturated carbocycles. The third-order valence-corrected chi connectivity index (χ3v) is 2.27. The summed E-state index contributed by atoms with van der Waals surface area (Å²) < 4.78 is 12.9. The van der Waals surface area contributed by atoms with E-state index in [0.717, 1.165) is 11.1 Å². The van der Waals surface area contributed by atoms with Gasteiger partial charge in [0.2, 0.25) is 5.28 Å². The highest BCUT2D eigenvalue weighted by Gasteiger charge is 2.04. The van der Waals surface area contributed by atoms with Gasteiger partial charge in [0.15, 0.2) is 0 Å². The zero-order valence-corrected chi connectivity index (χ0v) is 8.79. The van der Waals surface area contributed by atoms with E-state index in [9.17, 15) is 4.39 Å². The van der Waals surface area contributed by atoms with E-state index in [1.54, 1.807) is 18.3 Å². The lowest BCUT2D eigenvalue weighted by Crippen LogP contribution is -1.90. The molecule has 1 heterocycles. The summed E-state index contributed by atoms with van der Waals surface area (Å²) in [5.41, 5.74) is 2.39. The van der Waals surface area contributed by atoms with Crippen LogP contribution in [0, 0.1) is 12.7 Å². The Hall–Kier alpha value is -1.48. The second kappa shape index (κ2) is 3.95. The van der Waals surface area contributed by atoms with E-state index in [-0.39, 0.29) is 11.1 Å². The molecule has 0 N–H and O–H groups in total. The van der Waals surface area contributed by atoms with Crippen LogP contribution in [0.5, 0.6) is 0 Å². The van der Waals surface area contributed by atoms with Crippen molar-refractivity contribution in [1.29, 1.82) is 0 Å². The van der Waals surface area contributed by atoms with Gasteiger partial charge in [-0.05, 0) is 48.4 Å². The molecule has 4 heteroatoms. The van der Waals surface area contributed by atoms with E-state index in [1.165, 1.54) is 12.1 Å². The second-order valence-corrected chi connectivity index (χ2v) is 3.51. The molecule has 0 atom stereocenters. The average molecular weight is 223 g/mol. The van der Waals surface area contributed by atoms with Crippen molar-refractivity contribution in [3.8, 4) is 11.3 Å². The Morgan fingerprint density at radius 3 is 2.73 bits per heavy atom. The van der Waals surface area contributed by atoms with E-state index in [1.807, 2.05) is 6.92 Å². The third-order valence-electron chi connectivity index (χ3n) is 2.09. The van der Waals surface area contributed by atoms with Crippen molar-refractivity contribution in [2.24, 2.45) is 0 Å². The number of benzene rings is 1. The maximum Gasteiger partial charge on any atom is 0.222 e. The van der Waals surface area contributed by atoms with Crippen molar-refractivity contribution >= 4 is 11.6 Å². The SMILES string of the molecule is Cc1cc(F)ccc1-c1ccnc(Cl)n1. The Balaban J connectivity index is 2.54. The van der Waals surface area contributed by atoms with Crippen LogP contribution >= 0.6 is 11.6 Å². The van der Waals surface area contributed by atoms with Crippen LogP contribution < -0.4 is 0 Å². The molecule has 2 nitrogen and oxygen atoms in total. The Labute approximate surface area is 91.8 Å². The zero-order valence-electron chi connectivity index (χ0n) is 8.04. The molecule has 15 heavy (non-hydrogen) atoms. The highest BCUT2D eigenvalue weighted by atomic mass is 35.5. The summed E-state index contributed by atoms with van der Waals surface area (Å²) in [5, 5.41) is 0.191. The lowest BCUT2D eigenvalue weighted by Gasteiger charge is -2.04. The van der Waals surface area contributed by atoms with Crippen LogP contribution in [-0.2, 0) is 0 Å². The van der Waals surface area contributed by atoms with Crippen molar-refractivity contribution in [1.82, 2.24) is 9.97 Å². The van der Waals surface area contributed by atoms with Crippen molar-refractivity contribution in [3.05, 3.63) is 47.1 Å². The zero-order chi connectivity index (χ0) is 10.8. The molecule has 2 rings (SSSR count). The Morgan fingerprint density at radius 2 is 2.07 bits per heavy atom. The molecule has 0 unspecified atom stereocenters. The lowest BCUT2D eigenvalue weighted by molar-refractivity contribution is 0.627. The summed E-state index contributed by atoms with van der Waals surface area (Å²) in [6.07, 6.45) is 1.58. The topological polar surface area (TPSA) is 25.8 Å². The molecule has 0 aliphatic rings. The van der Waals surface area contributed by atoms with Crippen molar-refractivity contribution < 1.29 is 4.39 Å². The number of rotatable bonds is 1. The van der Waals surface area contributed by atoms with Crippen molar-refractivity contribution in [3.63, 3.8) is 0 Å². The van der Waals surface area contributed by atoms with Gasteiger partial charge in [-0.2, -0.15) is 0 Å². The van der Waals surface area contributed by atoms with Crippen LogP contribution in [0.2, 0.25) is 5.28 Å². The first-order valence-electron chi connectivity index (χ1n) is 4.42. The first kappa shape index (κ1) is 10.1. The van der Waals surface area contributed by atoms with E-state index >= 15 is 0 Å². The fourth-order valence-corrected chi connectivity index (χ4v) is 1.55. The molecule has 1 aromatic carbocycles. The summed E-state index contributed by atoms with van der Waals surface area (Å²) >= 11 is 5.68. The van der Waals surface area contributed by atoms with E-state index in [2.05, 4.69) is 9.97 Å². The van der Waals surface area contributed by atoms with E-state index < -0.39 is 0 Å². The fraction of sp³-hybridized carbons (Fsp3) is 0.0909. The Kier molecular flexibility index (Phi) is 2.64. The van der Waals surface area contributed by atoms with E-state index in [0.29, 0.717) is 5.69 Å². The number of aryl methyl sites for hydroxylation is 1. The maximum atomic E-state index is 12.9. The highest BCUT2D eigenvalue weighted by Crippen LogP contribution is 2.22. The van der Waals surface area contributed by atoms with Gasteiger partial charge >= 0.3 is 0 Å². The molecule has 0 bridgehead atoms. The van der Waals surface area contributed by atoms with Gasteiger partial charge in [-0.15, -0.1) is 0 Å². The van der Waals surface area contributed by atoms with Crippen LogP contribution in [0.15, 0.2) is 30.5 Å². The fourth-order valence-electron chi connectivity index (χ4n) is 1.40. The van der Waals surface area contributed by atoms with Gasteiger partial charge in [0.05, 0.1) is 5.69 Å². The summed E-state index contributed by atoms with van der Waals surface area (Å²) in [7, 11) is 0. The van der Waals surface area contributed by atoms with Crippen molar-refractivity contribution in [2.45, 2.75) is 6.92 Å². The Morgan fingerprint density at radius 1 is 1.27 bits per heavy atom. The van der Waals surface area contributed by atoms with Gasteiger partial charge in [0.25, 0.3) is 0 Å². The van der Waals surface area contributed by atoms with Crippen LogP contribution in [0.1, 0.15) is 5.56 Å². The quantitative estimate of drug-likeness (QED) is 0.693. The summed E-state index contributed by atoms with van der Waals surface area (Å²) in [4.78, 5) is 7.86. The minimum atomic E-state index is -0.253. The van der Waals surface area contributed by atoms with Crippen molar-refractivity contribution in [2.75, 3.05) is 0 Å². The number of aromatic nitrogens is 2. The number of halogens is 2. The van der Waals surface area contributed by atoms with Gasteiger partial charge in [-0.25, -0.2) is 14.4 Å². The standard InChI is InChI=1S/C11H8ClFN2/c1-7-6-8(13)2-3-9(7)10-4-5-14-11(12)15-10/h2-6H,1H3. The van der Waals surface area contributed by atoms with Gasteiger partial charge in [0, 0.05) is 11.8 Å². The van der Waals surface area contributed by atoms with E-state index in [4.69, 9.17) is 11.6 Å². The molecule has 0 amide bonds. The largest absolute Gasteiger partial charge is 0.226 e. The molecule has 0 spiro atoms. The molecule has 0 saturated heterocycles. The molecule has 76 valence electrons. The number of hydrogen-bond acceptors (Lipinski definition) is 2. The van der Waals surface area contributed by atoms with Crippen LogP contribution in [0.3, 0.4) is 0 Å². The van der Waals surface area contributed by atoms with Crippen LogP contribution in [0.4, 0.5) is 4.39 Å². The first-order chi connectivity index (χ1) is 7.16. The Bertz CT molecular complexity index is 500. The third kappa shape index (κ3) is 2.13. The molecule has 0 radical (unpaired) electrons. The first-order valence-corrected chi connectivity index (χ1v) is 4.79. The minimum absolute atomic E-state index is 0.191. The number of hydrogen-bond donors (Lipinski definition) is 0. The molecule has 0 fully saturated rings. The predicted octanol–water partition coefficient (Wildman–Crippen LogP) is 3.24. The average Bonchev–Trinajstić information content (AvgIpc) is 2.17. The van der Waals surface area contributed by atoms with Crippen LogP contribution in [0.25, 0.3) is 11.3 Å². The summed E-state index contributed by atoms with van der Waals surface area (Å²) in [6.45, 7) is 1.83. The summed E-state index contributed by atoms with van der Waals surface area (Å²) in [6, 6.07) is 6.29. The smallest absolute Gasteiger partial charge is 0.222 e. The second-order valence-electron chi connectivity index (χ2n) is 3.17. The molecular formula is C11H8ClFN2. The van der Waals surface area contributed by atoms with Gasteiger partial charge in [-0.1, -0.05) is 0 Å².